The van der Waals surface area contributed by atoms with Crippen LogP contribution in [0.5, 0.6) is 5.75 Å². The third kappa shape index (κ3) is 2.37. The number of hydrogen-bond acceptors (Lipinski definition) is 5. The highest BCUT2D eigenvalue weighted by atomic mass is 32.1. The molecule has 0 saturated heterocycles. The van der Waals surface area contributed by atoms with Gasteiger partial charge in [0.25, 0.3) is 0 Å². The molecule has 0 bridgehead atoms. The first-order valence-electron chi connectivity index (χ1n) is 6.10. The molecule has 1 atom stereocenters. The molecule has 0 fully saturated rings. The minimum Gasteiger partial charge on any atom is -0.493 e. The lowest BCUT2D eigenvalue weighted by Crippen LogP contribution is -2.11. The predicted molar refractivity (Wildman–Crippen MR) is 70.8 cm³/mol. The molecular formula is C13H15N3OS. The van der Waals surface area contributed by atoms with E-state index in [1.54, 1.807) is 0 Å². The number of nitrogens with zero attached hydrogens (tertiary/aromatic N) is 2. The molecule has 94 valence electrons. The van der Waals surface area contributed by atoms with Gasteiger partial charge in [-0.3, -0.25) is 0 Å². The minimum atomic E-state index is -0.0201. The number of rotatable bonds is 4. The van der Waals surface area contributed by atoms with E-state index in [4.69, 9.17) is 10.5 Å². The van der Waals surface area contributed by atoms with Crippen LogP contribution in [0.15, 0.2) is 23.6 Å². The zero-order valence-corrected chi connectivity index (χ0v) is 10.8. The molecule has 4 nitrogen and oxygen atoms in total. The summed E-state index contributed by atoms with van der Waals surface area (Å²) in [6, 6.07) is 6.39. The molecule has 2 N–H and O–H groups in total. The van der Waals surface area contributed by atoms with Crippen LogP contribution in [0.4, 0.5) is 0 Å². The molecule has 1 aliphatic rings. The van der Waals surface area contributed by atoms with Crippen LogP contribution in [0.3, 0.4) is 0 Å². The summed E-state index contributed by atoms with van der Waals surface area (Å²) >= 11 is 1.35. The lowest BCUT2D eigenvalue weighted by molar-refractivity contribution is 0.357. The molecule has 18 heavy (non-hydrogen) atoms. The topological polar surface area (TPSA) is 61.0 Å². The normalized spacial score (nSPS) is 15.2. The number of aromatic nitrogens is 2. The molecule has 1 aliphatic heterocycles. The Balaban J connectivity index is 1.63. The Labute approximate surface area is 110 Å². The zero-order valence-electron chi connectivity index (χ0n) is 10.0. The van der Waals surface area contributed by atoms with Crippen molar-refractivity contribution in [2.24, 2.45) is 5.73 Å². The summed E-state index contributed by atoms with van der Waals surface area (Å²) in [6.45, 7) is 0.808. The fourth-order valence-electron chi connectivity index (χ4n) is 2.20. The molecule has 1 unspecified atom stereocenters. The van der Waals surface area contributed by atoms with Crippen LogP contribution in [0.2, 0.25) is 0 Å². The summed E-state index contributed by atoms with van der Waals surface area (Å²) < 4.78 is 9.34. The second-order valence-corrected chi connectivity index (χ2v) is 5.13. The van der Waals surface area contributed by atoms with Gasteiger partial charge in [0.2, 0.25) is 0 Å². The lowest BCUT2D eigenvalue weighted by atomic mass is 10.0. The first kappa shape index (κ1) is 11.6. The van der Waals surface area contributed by atoms with E-state index in [1.807, 2.05) is 5.38 Å². The van der Waals surface area contributed by atoms with Crippen LogP contribution < -0.4 is 10.5 Å². The fourth-order valence-corrected chi connectivity index (χ4v) is 2.72. The average Bonchev–Trinajstić information content (AvgIpc) is 3.05. The van der Waals surface area contributed by atoms with Gasteiger partial charge in [-0.05, 0) is 41.6 Å². The Kier molecular flexibility index (Phi) is 3.25. The molecule has 0 radical (unpaired) electrons. The van der Waals surface area contributed by atoms with E-state index in [9.17, 15) is 0 Å². The molecule has 2 heterocycles. The standard InChI is InChI=1S/C13H15N3OS/c14-11(12-8-18-16-15-12)3-1-9-2-4-13-10(7-9)5-6-17-13/h2,4,7-8,11H,1,3,5-6,14H2. The average molecular weight is 261 g/mol. The van der Waals surface area contributed by atoms with Crippen molar-refractivity contribution in [3.8, 4) is 5.75 Å². The third-order valence-electron chi connectivity index (χ3n) is 3.25. The molecule has 0 spiro atoms. The monoisotopic (exact) mass is 261 g/mol. The van der Waals surface area contributed by atoms with Gasteiger partial charge in [0.15, 0.2) is 0 Å². The van der Waals surface area contributed by atoms with E-state index in [-0.39, 0.29) is 6.04 Å². The maximum Gasteiger partial charge on any atom is 0.122 e. The summed E-state index contributed by atoms with van der Waals surface area (Å²) in [4.78, 5) is 0. The number of fused-ring (bicyclic) bond motifs is 1. The summed E-state index contributed by atoms with van der Waals surface area (Å²) in [5, 5.41) is 5.93. The molecule has 5 heteroatoms. The largest absolute Gasteiger partial charge is 0.493 e. The van der Waals surface area contributed by atoms with Gasteiger partial charge in [-0.1, -0.05) is 16.6 Å². The Morgan fingerprint density at radius 3 is 3.22 bits per heavy atom. The van der Waals surface area contributed by atoms with Gasteiger partial charge >= 0.3 is 0 Å². The molecular weight excluding hydrogens is 246 g/mol. The first-order chi connectivity index (χ1) is 8.83. The minimum absolute atomic E-state index is 0.0201. The van der Waals surface area contributed by atoms with Crippen LogP contribution in [-0.4, -0.2) is 16.2 Å². The highest BCUT2D eigenvalue weighted by Gasteiger charge is 2.13. The van der Waals surface area contributed by atoms with Gasteiger partial charge in [0.05, 0.1) is 18.3 Å². The van der Waals surface area contributed by atoms with Crippen molar-refractivity contribution in [2.75, 3.05) is 6.61 Å². The maximum atomic E-state index is 6.08. The van der Waals surface area contributed by atoms with E-state index in [1.165, 1.54) is 22.7 Å². The van der Waals surface area contributed by atoms with Gasteiger partial charge in [-0.25, -0.2) is 0 Å². The summed E-state index contributed by atoms with van der Waals surface area (Å²) in [5.41, 5.74) is 9.61. The van der Waals surface area contributed by atoms with Crippen LogP contribution >= 0.6 is 11.5 Å². The van der Waals surface area contributed by atoms with Crippen molar-refractivity contribution in [3.05, 3.63) is 40.4 Å². The Bertz CT molecular complexity index is 527. The number of aryl methyl sites for hydroxylation is 1. The summed E-state index contributed by atoms with van der Waals surface area (Å²) in [7, 11) is 0. The van der Waals surface area contributed by atoms with Gasteiger partial charge in [-0.2, -0.15) is 0 Å². The smallest absolute Gasteiger partial charge is 0.122 e. The highest BCUT2D eigenvalue weighted by Crippen LogP contribution is 2.27. The Morgan fingerprint density at radius 2 is 2.39 bits per heavy atom. The SMILES string of the molecule is NC(CCc1ccc2c(c1)CCO2)c1csnn1. The molecule has 3 rings (SSSR count). The van der Waals surface area contributed by atoms with Gasteiger partial charge in [0, 0.05) is 11.8 Å². The van der Waals surface area contributed by atoms with Gasteiger partial charge < -0.3 is 10.5 Å². The second kappa shape index (κ2) is 5.04. The zero-order chi connectivity index (χ0) is 12.4. The number of hydrogen-bond donors (Lipinski definition) is 1. The van der Waals surface area contributed by atoms with Crippen LogP contribution in [0.1, 0.15) is 29.3 Å². The van der Waals surface area contributed by atoms with E-state index >= 15 is 0 Å². The van der Waals surface area contributed by atoms with Crippen molar-refractivity contribution < 1.29 is 4.74 Å². The summed E-state index contributed by atoms with van der Waals surface area (Å²) in [5.74, 6) is 1.03. The lowest BCUT2D eigenvalue weighted by Gasteiger charge is -2.08. The third-order valence-corrected chi connectivity index (χ3v) is 3.78. The van der Waals surface area contributed by atoms with Crippen molar-refractivity contribution >= 4 is 11.5 Å². The van der Waals surface area contributed by atoms with E-state index < -0.39 is 0 Å². The van der Waals surface area contributed by atoms with E-state index in [2.05, 4.69) is 27.8 Å². The molecule has 0 saturated carbocycles. The maximum absolute atomic E-state index is 6.08. The van der Waals surface area contributed by atoms with Gasteiger partial charge in [0.1, 0.15) is 5.75 Å². The number of ether oxygens (including phenoxy) is 1. The highest BCUT2D eigenvalue weighted by molar-refractivity contribution is 7.03. The van der Waals surface area contributed by atoms with Crippen molar-refractivity contribution in [1.82, 2.24) is 9.59 Å². The van der Waals surface area contributed by atoms with Crippen LogP contribution in [-0.2, 0) is 12.8 Å². The van der Waals surface area contributed by atoms with Crippen molar-refractivity contribution in [3.63, 3.8) is 0 Å². The quantitative estimate of drug-likeness (QED) is 0.915. The molecule has 0 aliphatic carbocycles. The molecule has 1 aromatic carbocycles. The predicted octanol–water partition coefficient (Wildman–Crippen LogP) is 2.11. The Hall–Kier alpha value is -1.46. The fraction of sp³-hybridized carbons (Fsp3) is 0.385. The summed E-state index contributed by atoms with van der Waals surface area (Å²) in [6.07, 6.45) is 2.88. The van der Waals surface area contributed by atoms with E-state index in [0.29, 0.717) is 0 Å². The first-order valence-corrected chi connectivity index (χ1v) is 6.94. The van der Waals surface area contributed by atoms with Crippen molar-refractivity contribution in [2.45, 2.75) is 25.3 Å². The Morgan fingerprint density at radius 1 is 1.44 bits per heavy atom. The second-order valence-electron chi connectivity index (χ2n) is 4.52. The van der Waals surface area contributed by atoms with Gasteiger partial charge in [-0.15, -0.1) is 5.10 Å². The molecule has 0 amide bonds. The van der Waals surface area contributed by atoms with Crippen LogP contribution in [0, 0.1) is 0 Å². The van der Waals surface area contributed by atoms with E-state index in [0.717, 1.165) is 37.3 Å². The number of nitrogens with two attached hydrogens (primary N) is 1. The number of benzene rings is 1. The molecule has 1 aromatic heterocycles. The molecule has 2 aromatic rings. The van der Waals surface area contributed by atoms with Crippen LogP contribution in [0.25, 0.3) is 0 Å². The van der Waals surface area contributed by atoms with Crippen molar-refractivity contribution in [1.29, 1.82) is 0 Å².